The summed E-state index contributed by atoms with van der Waals surface area (Å²) in [4.78, 5) is 13.3. The number of amides is 2. The van der Waals surface area contributed by atoms with Crippen LogP contribution in [0.1, 0.15) is 5.56 Å². The van der Waals surface area contributed by atoms with Crippen LogP contribution in [0, 0.1) is 0 Å². The lowest BCUT2D eigenvalue weighted by molar-refractivity contribution is -0.137. The van der Waals surface area contributed by atoms with Gasteiger partial charge in [-0.3, -0.25) is 4.90 Å². The molecule has 0 spiro atoms. The lowest BCUT2D eigenvalue weighted by atomic mass is 10.0. The molecule has 11 heteroatoms. The first-order chi connectivity index (χ1) is 14.3. The smallest absolute Gasteiger partial charge is 0.351 e. The van der Waals surface area contributed by atoms with Crippen molar-refractivity contribution in [2.24, 2.45) is 5.73 Å². The van der Waals surface area contributed by atoms with Crippen molar-refractivity contribution in [3.8, 4) is 22.5 Å². The molecule has 2 amide bonds. The maximum atomic E-state index is 13.2. The number of hydrogen-bond donors (Lipinski definition) is 2. The minimum Gasteiger partial charge on any atom is -0.351 e. The molecule has 2 aromatic carbocycles. The van der Waals surface area contributed by atoms with Crippen molar-refractivity contribution in [3.63, 3.8) is 0 Å². The number of H-pyrrole nitrogens is 1. The van der Waals surface area contributed by atoms with Crippen molar-refractivity contribution in [2.45, 2.75) is 6.18 Å². The third kappa shape index (κ3) is 3.74. The molecule has 0 aliphatic heterocycles. The standard InChI is InChI=1S/C19H13F3N6OS/c20-19(21,22)13-2-1-3-14(9-13)28(18(23)29)16-5-4-11(12-6-7-30-10-12)8-15(16)17-24-26-27-25-17/h1-10H,(H2,23,29)(H,24,25,26,27). The molecule has 4 aromatic rings. The number of tetrazole rings is 1. The number of primary amides is 1. The summed E-state index contributed by atoms with van der Waals surface area (Å²) in [6, 6.07) is 10.4. The fraction of sp³-hybridized carbons (Fsp3) is 0.0526. The molecule has 2 aromatic heterocycles. The zero-order valence-corrected chi connectivity index (χ0v) is 15.9. The summed E-state index contributed by atoms with van der Waals surface area (Å²) in [7, 11) is 0. The Hall–Kier alpha value is -3.73. The first-order valence-electron chi connectivity index (χ1n) is 8.52. The van der Waals surface area contributed by atoms with Crippen molar-refractivity contribution in [1.82, 2.24) is 20.6 Å². The SMILES string of the molecule is NC(=O)N(c1cccc(C(F)(F)F)c1)c1ccc(-c2ccsc2)cc1-c1nn[nH]n1. The number of carbonyl (C=O) groups is 1. The van der Waals surface area contributed by atoms with E-state index < -0.39 is 17.8 Å². The van der Waals surface area contributed by atoms with Gasteiger partial charge in [-0.1, -0.05) is 12.1 Å². The molecular formula is C19H13F3N6OS. The van der Waals surface area contributed by atoms with Gasteiger partial charge < -0.3 is 5.73 Å². The van der Waals surface area contributed by atoms with Crippen LogP contribution in [0.5, 0.6) is 0 Å². The maximum absolute atomic E-state index is 13.2. The average molecular weight is 430 g/mol. The van der Waals surface area contributed by atoms with Gasteiger partial charge in [-0.15, -0.1) is 10.2 Å². The number of urea groups is 1. The summed E-state index contributed by atoms with van der Waals surface area (Å²) in [5.74, 6) is 0.167. The number of alkyl halides is 3. The second-order valence-electron chi connectivity index (χ2n) is 6.20. The molecule has 0 atom stereocenters. The topological polar surface area (TPSA) is 101 Å². The van der Waals surface area contributed by atoms with Crippen molar-refractivity contribution >= 4 is 28.7 Å². The van der Waals surface area contributed by atoms with Crippen LogP contribution in [0.25, 0.3) is 22.5 Å². The van der Waals surface area contributed by atoms with E-state index in [1.165, 1.54) is 23.5 Å². The molecule has 0 unspecified atom stereocenters. The van der Waals surface area contributed by atoms with E-state index >= 15 is 0 Å². The van der Waals surface area contributed by atoms with Crippen LogP contribution in [0.3, 0.4) is 0 Å². The highest BCUT2D eigenvalue weighted by Gasteiger charge is 2.32. The Labute approximate surface area is 172 Å². The number of carbonyl (C=O) groups excluding carboxylic acids is 1. The zero-order chi connectivity index (χ0) is 21.3. The normalized spacial score (nSPS) is 11.4. The van der Waals surface area contributed by atoms with Gasteiger partial charge in [0, 0.05) is 5.56 Å². The number of nitrogens with one attached hydrogen (secondary N) is 1. The number of benzene rings is 2. The van der Waals surface area contributed by atoms with Crippen LogP contribution in [0.4, 0.5) is 29.3 Å². The molecule has 30 heavy (non-hydrogen) atoms. The Morgan fingerprint density at radius 3 is 2.57 bits per heavy atom. The fourth-order valence-electron chi connectivity index (χ4n) is 3.00. The zero-order valence-electron chi connectivity index (χ0n) is 15.1. The van der Waals surface area contributed by atoms with E-state index in [0.717, 1.165) is 28.2 Å². The number of rotatable bonds is 4. The quantitative estimate of drug-likeness (QED) is 0.484. The van der Waals surface area contributed by atoms with Crippen molar-refractivity contribution < 1.29 is 18.0 Å². The maximum Gasteiger partial charge on any atom is 0.416 e. The van der Waals surface area contributed by atoms with E-state index in [0.29, 0.717) is 5.56 Å². The second kappa shape index (κ2) is 7.59. The second-order valence-corrected chi connectivity index (χ2v) is 6.98. The average Bonchev–Trinajstić information content (AvgIpc) is 3.42. The summed E-state index contributed by atoms with van der Waals surface area (Å²) >= 11 is 1.51. The van der Waals surface area contributed by atoms with E-state index in [4.69, 9.17) is 5.73 Å². The number of aromatic nitrogens is 4. The van der Waals surface area contributed by atoms with Crippen molar-refractivity contribution in [2.75, 3.05) is 4.90 Å². The van der Waals surface area contributed by atoms with Crippen LogP contribution in [0.15, 0.2) is 59.3 Å². The largest absolute Gasteiger partial charge is 0.416 e. The molecule has 0 saturated heterocycles. The minimum atomic E-state index is -4.57. The van der Waals surface area contributed by atoms with Crippen LogP contribution in [-0.4, -0.2) is 26.7 Å². The number of hydrogen-bond acceptors (Lipinski definition) is 5. The van der Waals surface area contributed by atoms with Gasteiger partial charge in [-0.25, -0.2) is 4.79 Å². The molecular weight excluding hydrogens is 417 g/mol. The van der Waals surface area contributed by atoms with Gasteiger partial charge >= 0.3 is 12.2 Å². The molecule has 0 radical (unpaired) electrons. The molecule has 7 nitrogen and oxygen atoms in total. The van der Waals surface area contributed by atoms with E-state index in [2.05, 4.69) is 20.6 Å². The van der Waals surface area contributed by atoms with Crippen LogP contribution in [0.2, 0.25) is 0 Å². The molecule has 4 rings (SSSR count). The van der Waals surface area contributed by atoms with Gasteiger partial charge in [0.1, 0.15) is 0 Å². The number of nitrogens with zero attached hydrogens (tertiary/aromatic N) is 4. The Bertz CT molecular complexity index is 1180. The molecule has 0 aliphatic carbocycles. The molecule has 0 aliphatic rings. The Balaban J connectivity index is 1.89. The number of aromatic amines is 1. The van der Waals surface area contributed by atoms with Crippen LogP contribution in [-0.2, 0) is 6.18 Å². The van der Waals surface area contributed by atoms with E-state index in [1.807, 2.05) is 16.8 Å². The fourth-order valence-corrected chi connectivity index (χ4v) is 3.67. The van der Waals surface area contributed by atoms with Crippen molar-refractivity contribution in [3.05, 3.63) is 64.9 Å². The molecule has 3 N–H and O–H groups in total. The van der Waals surface area contributed by atoms with Crippen LogP contribution < -0.4 is 10.6 Å². The molecule has 0 bridgehead atoms. The van der Waals surface area contributed by atoms with E-state index in [9.17, 15) is 18.0 Å². The van der Waals surface area contributed by atoms with Gasteiger partial charge in [0.15, 0.2) is 0 Å². The summed E-state index contributed by atoms with van der Waals surface area (Å²) in [5.41, 5.74) is 6.97. The third-order valence-corrected chi connectivity index (χ3v) is 5.01. The van der Waals surface area contributed by atoms with E-state index in [1.54, 1.807) is 18.2 Å². The van der Waals surface area contributed by atoms with Gasteiger partial charge in [0.25, 0.3) is 0 Å². The predicted octanol–water partition coefficient (Wildman–Crippen LogP) is 4.83. The summed E-state index contributed by atoms with van der Waals surface area (Å²) in [6.07, 6.45) is -4.57. The first kappa shape index (κ1) is 19.6. The molecule has 152 valence electrons. The first-order valence-corrected chi connectivity index (χ1v) is 9.46. The Morgan fingerprint density at radius 2 is 1.93 bits per heavy atom. The highest BCUT2D eigenvalue weighted by Crippen LogP contribution is 2.39. The number of nitrogens with two attached hydrogens (primary N) is 1. The van der Waals surface area contributed by atoms with E-state index in [-0.39, 0.29) is 17.2 Å². The Morgan fingerprint density at radius 1 is 1.10 bits per heavy atom. The van der Waals surface area contributed by atoms with Gasteiger partial charge in [0.05, 0.1) is 16.9 Å². The highest BCUT2D eigenvalue weighted by molar-refractivity contribution is 7.08. The lowest BCUT2D eigenvalue weighted by Gasteiger charge is -2.24. The number of thiophene rings is 1. The minimum absolute atomic E-state index is 0.0367. The summed E-state index contributed by atoms with van der Waals surface area (Å²) in [5, 5.41) is 17.6. The number of halogens is 3. The molecule has 2 heterocycles. The van der Waals surface area contributed by atoms with Crippen LogP contribution >= 0.6 is 11.3 Å². The Kier molecular flexibility index (Phi) is 4.96. The van der Waals surface area contributed by atoms with Crippen molar-refractivity contribution in [1.29, 1.82) is 0 Å². The highest BCUT2D eigenvalue weighted by atomic mass is 32.1. The van der Waals surface area contributed by atoms with Gasteiger partial charge in [-0.2, -0.15) is 29.7 Å². The number of anilines is 2. The summed E-state index contributed by atoms with van der Waals surface area (Å²) in [6.45, 7) is 0. The van der Waals surface area contributed by atoms with Gasteiger partial charge in [0.2, 0.25) is 5.82 Å². The molecule has 0 fully saturated rings. The van der Waals surface area contributed by atoms with Gasteiger partial charge in [-0.05, 0) is 63.5 Å². The monoisotopic (exact) mass is 430 g/mol. The third-order valence-electron chi connectivity index (χ3n) is 4.33. The predicted molar refractivity (Wildman–Crippen MR) is 106 cm³/mol. The molecule has 0 saturated carbocycles. The lowest BCUT2D eigenvalue weighted by Crippen LogP contribution is -2.32. The summed E-state index contributed by atoms with van der Waals surface area (Å²) < 4.78 is 39.5.